The molecule has 5 nitrogen and oxygen atoms in total. The van der Waals surface area contributed by atoms with E-state index in [1.54, 1.807) is 7.05 Å². The predicted molar refractivity (Wildman–Crippen MR) is 74.5 cm³/mol. The van der Waals surface area contributed by atoms with E-state index in [-0.39, 0.29) is 0 Å². The topological polar surface area (TPSA) is 66.6 Å². The third-order valence-electron chi connectivity index (χ3n) is 3.08. The third-order valence-corrected chi connectivity index (χ3v) is 3.08. The molecule has 100 valence electrons. The number of hydrogen-bond donors (Lipinski definition) is 1. The van der Waals surface area contributed by atoms with Crippen LogP contribution in [0.15, 0.2) is 30.3 Å². The zero-order valence-electron chi connectivity index (χ0n) is 10.9. The smallest absolute Gasteiger partial charge is 0.316 e. The van der Waals surface area contributed by atoms with Crippen LogP contribution in [0.4, 0.5) is 5.69 Å². The van der Waals surface area contributed by atoms with Gasteiger partial charge >= 0.3 is 11.8 Å². The van der Waals surface area contributed by atoms with E-state index in [2.05, 4.69) is 0 Å². The fourth-order valence-electron chi connectivity index (χ4n) is 1.95. The maximum absolute atomic E-state index is 11.9. The Labute approximate surface area is 112 Å². The van der Waals surface area contributed by atoms with Crippen LogP contribution in [0, 0.1) is 0 Å². The summed E-state index contributed by atoms with van der Waals surface area (Å²) in [6, 6.07) is 7.48. The molecule has 0 bridgehead atoms. The van der Waals surface area contributed by atoms with Crippen LogP contribution >= 0.6 is 0 Å². The number of anilines is 1. The Bertz CT molecular complexity index is 508. The first kappa shape index (κ1) is 13.3. The SMILES string of the molecule is CN1CCN(c2ccc(/C=C/CN)cc2)C(=O)C1=O. The number of carbonyl (C=O) groups excluding carboxylic acids is 2. The van der Waals surface area contributed by atoms with Gasteiger partial charge in [0.1, 0.15) is 0 Å². The van der Waals surface area contributed by atoms with Crippen LogP contribution in [0.25, 0.3) is 6.08 Å². The summed E-state index contributed by atoms with van der Waals surface area (Å²) in [6.07, 6.45) is 3.78. The molecule has 2 rings (SSSR count). The summed E-state index contributed by atoms with van der Waals surface area (Å²) >= 11 is 0. The lowest BCUT2D eigenvalue weighted by Gasteiger charge is -2.31. The Morgan fingerprint density at radius 2 is 1.84 bits per heavy atom. The van der Waals surface area contributed by atoms with Crippen LogP contribution in [-0.2, 0) is 9.59 Å². The van der Waals surface area contributed by atoms with Gasteiger partial charge in [0.2, 0.25) is 0 Å². The van der Waals surface area contributed by atoms with Crippen LogP contribution < -0.4 is 10.6 Å². The second-order valence-corrected chi connectivity index (χ2v) is 4.41. The first-order valence-electron chi connectivity index (χ1n) is 6.17. The number of rotatable bonds is 3. The molecule has 1 saturated heterocycles. The molecule has 0 radical (unpaired) electrons. The molecule has 1 heterocycles. The van der Waals surface area contributed by atoms with Gasteiger partial charge in [-0.25, -0.2) is 0 Å². The van der Waals surface area contributed by atoms with Gasteiger partial charge in [-0.05, 0) is 17.7 Å². The highest BCUT2D eigenvalue weighted by Gasteiger charge is 2.30. The molecule has 0 unspecified atom stereocenters. The van der Waals surface area contributed by atoms with Crippen molar-refractivity contribution >= 4 is 23.6 Å². The van der Waals surface area contributed by atoms with Crippen molar-refractivity contribution in [3.05, 3.63) is 35.9 Å². The number of hydrogen-bond acceptors (Lipinski definition) is 3. The molecule has 1 fully saturated rings. The highest BCUT2D eigenvalue weighted by Crippen LogP contribution is 2.18. The lowest BCUT2D eigenvalue weighted by molar-refractivity contribution is -0.145. The summed E-state index contributed by atoms with van der Waals surface area (Å²) in [4.78, 5) is 26.5. The van der Waals surface area contributed by atoms with E-state index in [9.17, 15) is 9.59 Å². The molecule has 1 aliphatic heterocycles. The summed E-state index contributed by atoms with van der Waals surface area (Å²) in [6.45, 7) is 1.58. The Morgan fingerprint density at radius 1 is 1.16 bits per heavy atom. The molecule has 2 amide bonds. The Kier molecular flexibility index (Phi) is 3.97. The first-order chi connectivity index (χ1) is 9.13. The number of benzene rings is 1. The lowest BCUT2D eigenvalue weighted by Crippen LogP contribution is -2.52. The zero-order valence-corrected chi connectivity index (χ0v) is 10.9. The minimum Gasteiger partial charge on any atom is -0.336 e. The molecule has 1 aromatic carbocycles. The molecule has 1 aromatic rings. The fraction of sp³-hybridized carbons (Fsp3) is 0.286. The average Bonchev–Trinajstić information content (AvgIpc) is 2.44. The van der Waals surface area contributed by atoms with Gasteiger partial charge in [0.05, 0.1) is 0 Å². The third kappa shape index (κ3) is 2.82. The lowest BCUT2D eigenvalue weighted by atomic mass is 10.1. The van der Waals surface area contributed by atoms with Gasteiger partial charge in [-0.15, -0.1) is 0 Å². The maximum Gasteiger partial charge on any atom is 0.316 e. The molecule has 0 spiro atoms. The Hall–Kier alpha value is -2.14. The van der Waals surface area contributed by atoms with Gasteiger partial charge in [-0.3, -0.25) is 9.59 Å². The van der Waals surface area contributed by atoms with Crippen LogP contribution in [0.3, 0.4) is 0 Å². The Morgan fingerprint density at radius 3 is 2.47 bits per heavy atom. The molecule has 19 heavy (non-hydrogen) atoms. The molecule has 0 aromatic heterocycles. The summed E-state index contributed by atoms with van der Waals surface area (Å²) < 4.78 is 0. The van der Waals surface area contributed by atoms with Gasteiger partial charge in [0.25, 0.3) is 0 Å². The summed E-state index contributed by atoms with van der Waals surface area (Å²) in [7, 11) is 1.64. The average molecular weight is 259 g/mol. The quantitative estimate of drug-likeness (QED) is 0.802. The molecule has 0 atom stereocenters. The van der Waals surface area contributed by atoms with Crippen LogP contribution in [0.5, 0.6) is 0 Å². The molecule has 0 aliphatic carbocycles. The number of piperazine rings is 1. The van der Waals surface area contributed by atoms with E-state index >= 15 is 0 Å². The highest BCUT2D eigenvalue weighted by molar-refractivity contribution is 6.40. The van der Waals surface area contributed by atoms with Crippen molar-refractivity contribution in [3.8, 4) is 0 Å². The number of likely N-dealkylation sites (N-methyl/N-ethyl adjacent to an activating group) is 1. The van der Waals surface area contributed by atoms with E-state index in [1.807, 2.05) is 36.4 Å². The largest absolute Gasteiger partial charge is 0.336 e. The minimum atomic E-state index is -0.473. The van der Waals surface area contributed by atoms with Crippen molar-refractivity contribution in [3.63, 3.8) is 0 Å². The molecular formula is C14H17N3O2. The number of carbonyl (C=O) groups is 2. The van der Waals surface area contributed by atoms with Crippen molar-refractivity contribution in [2.75, 3.05) is 31.6 Å². The molecule has 1 aliphatic rings. The zero-order chi connectivity index (χ0) is 13.8. The second-order valence-electron chi connectivity index (χ2n) is 4.41. The minimum absolute atomic E-state index is 0.460. The summed E-state index contributed by atoms with van der Waals surface area (Å²) in [5.74, 6) is -0.933. The monoisotopic (exact) mass is 259 g/mol. The van der Waals surface area contributed by atoms with E-state index in [0.29, 0.717) is 19.6 Å². The van der Waals surface area contributed by atoms with Crippen LogP contribution in [0.2, 0.25) is 0 Å². The summed E-state index contributed by atoms with van der Waals surface area (Å²) in [5, 5.41) is 0. The van der Waals surface area contributed by atoms with E-state index in [4.69, 9.17) is 5.73 Å². The predicted octanol–water partition coefficient (Wildman–Crippen LogP) is 0.463. The van der Waals surface area contributed by atoms with E-state index in [1.165, 1.54) is 9.80 Å². The van der Waals surface area contributed by atoms with Gasteiger partial charge in [-0.2, -0.15) is 0 Å². The number of nitrogens with two attached hydrogens (primary N) is 1. The highest BCUT2D eigenvalue weighted by atomic mass is 16.2. The number of nitrogens with zero attached hydrogens (tertiary/aromatic N) is 2. The molecular weight excluding hydrogens is 242 g/mol. The molecule has 0 saturated carbocycles. The Balaban J connectivity index is 2.16. The van der Waals surface area contributed by atoms with Crippen molar-refractivity contribution in [2.45, 2.75) is 0 Å². The van der Waals surface area contributed by atoms with Crippen LogP contribution in [-0.4, -0.2) is 43.4 Å². The summed E-state index contributed by atoms with van der Waals surface area (Å²) in [5.41, 5.74) is 7.15. The van der Waals surface area contributed by atoms with E-state index in [0.717, 1.165) is 11.3 Å². The first-order valence-corrected chi connectivity index (χ1v) is 6.17. The van der Waals surface area contributed by atoms with Gasteiger partial charge in [0.15, 0.2) is 0 Å². The molecule has 5 heteroatoms. The standard InChI is InChI=1S/C14H17N3O2/c1-16-9-10-17(14(19)13(16)18)12-6-4-11(5-7-12)3-2-8-15/h2-7H,8-10,15H2,1H3/b3-2+. The van der Waals surface area contributed by atoms with Crippen molar-refractivity contribution in [2.24, 2.45) is 5.73 Å². The van der Waals surface area contributed by atoms with Gasteiger partial charge < -0.3 is 15.5 Å². The van der Waals surface area contributed by atoms with Crippen molar-refractivity contribution in [1.29, 1.82) is 0 Å². The van der Waals surface area contributed by atoms with Crippen molar-refractivity contribution in [1.82, 2.24) is 4.90 Å². The van der Waals surface area contributed by atoms with Crippen LogP contribution in [0.1, 0.15) is 5.56 Å². The maximum atomic E-state index is 11.9. The number of amides is 2. The fourth-order valence-corrected chi connectivity index (χ4v) is 1.95. The van der Waals surface area contributed by atoms with Gasteiger partial charge in [-0.1, -0.05) is 24.3 Å². The van der Waals surface area contributed by atoms with Gasteiger partial charge in [0, 0.05) is 32.4 Å². The van der Waals surface area contributed by atoms with Crippen molar-refractivity contribution < 1.29 is 9.59 Å². The van der Waals surface area contributed by atoms with E-state index < -0.39 is 11.8 Å². The molecule has 2 N–H and O–H groups in total. The second kappa shape index (κ2) is 5.67. The normalized spacial score (nSPS) is 16.5.